The number of para-hydroxylation sites is 1. The van der Waals surface area contributed by atoms with Crippen LogP contribution in [0.5, 0.6) is 11.5 Å². The third kappa shape index (κ3) is 9.09. The summed E-state index contributed by atoms with van der Waals surface area (Å²) in [6.07, 6.45) is 0. The molecular formula is C32H24Cl2N6O8. The summed E-state index contributed by atoms with van der Waals surface area (Å²) in [7, 11) is 0. The molecule has 14 nitrogen and oxygen atoms in total. The average Bonchev–Trinajstić information content (AvgIpc) is 3.06. The maximum Gasteiger partial charge on any atom is 0.323 e. The maximum atomic E-state index is 12.3. The molecule has 0 atom stereocenters. The van der Waals surface area contributed by atoms with Gasteiger partial charge in [0.25, 0.3) is 11.4 Å². The summed E-state index contributed by atoms with van der Waals surface area (Å²) < 4.78 is 0. The van der Waals surface area contributed by atoms with E-state index in [4.69, 9.17) is 23.2 Å². The van der Waals surface area contributed by atoms with Crippen molar-refractivity contribution < 1.29 is 29.6 Å². The fraction of sp³-hybridized carbons (Fsp3) is 0. The Bertz CT molecular complexity index is 2000. The van der Waals surface area contributed by atoms with Gasteiger partial charge in [0.1, 0.15) is 11.5 Å². The Kier molecular flexibility index (Phi) is 11.3. The van der Waals surface area contributed by atoms with Crippen LogP contribution >= 0.6 is 23.2 Å². The van der Waals surface area contributed by atoms with E-state index in [-0.39, 0.29) is 50.0 Å². The van der Waals surface area contributed by atoms with Crippen molar-refractivity contribution >= 4 is 69.4 Å². The first-order valence-corrected chi connectivity index (χ1v) is 14.4. The van der Waals surface area contributed by atoms with Crippen molar-refractivity contribution in [2.45, 2.75) is 0 Å². The number of phenols is 2. The summed E-state index contributed by atoms with van der Waals surface area (Å²) in [5.74, 6) is -0.569. The number of carbonyl (C=O) groups excluding carboxylic acids is 2. The first-order valence-electron chi connectivity index (χ1n) is 13.6. The number of benzene rings is 5. The number of nitro groups is 2. The van der Waals surface area contributed by atoms with Gasteiger partial charge in [0.2, 0.25) is 0 Å². The minimum absolute atomic E-state index is 0.0473. The summed E-state index contributed by atoms with van der Waals surface area (Å²) in [5.41, 5.74) is 1.93. The van der Waals surface area contributed by atoms with Crippen molar-refractivity contribution in [3.63, 3.8) is 0 Å². The average molecular weight is 691 g/mol. The molecular weight excluding hydrogens is 667 g/mol. The van der Waals surface area contributed by atoms with Crippen molar-refractivity contribution in [1.29, 1.82) is 0 Å². The fourth-order valence-electron chi connectivity index (χ4n) is 4.09. The number of nitrogens with one attached hydrogen (secondary N) is 4. The van der Waals surface area contributed by atoms with E-state index in [0.29, 0.717) is 5.69 Å². The van der Waals surface area contributed by atoms with E-state index >= 15 is 0 Å². The molecule has 0 unspecified atom stereocenters. The summed E-state index contributed by atoms with van der Waals surface area (Å²) in [4.78, 5) is 44.4. The summed E-state index contributed by atoms with van der Waals surface area (Å²) in [6, 6.07) is 26.8. The molecule has 0 saturated heterocycles. The van der Waals surface area contributed by atoms with E-state index in [1.54, 1.807) is 24.3 Å². The number of amides is 4. The SMILES string of the molecule is O=C(Nc1cc([N+](=O)[O-])ccc1O)Nc1cccc(Cl)c1Cl.O=C(Nc1cc([N+](=O)[O-])ccc1O)Nc1ccccc1-c1ccccc1. The van der Waals surface area contributed by atoms with E-state index in [1.165, 1.54) is 6.07 Å². The summed E-state index contributed by atoms with van der Waals surface area (Å²) >= 11 is 11.7. The van der Waals surface area contributed by atoms with Crippen molar-refractivity contribution in [2.24, 2.45) is 0 Å². The Balaban J connectivity index is 0.000000220. The fourth-order valence-corrected chi connectivity index (χ4v) is 4.44. The first kappa shape index (κ1) is 34.5. The molecule has 0 spiro atoms. The number of nitrogens with zero attached hydrogens (tertiary/aromatic N) is 2. The molecule has 0 aliphatic rings. The Labute approximate surface area is 281 Å². The second-order valence-electron chi connectivity index (χ2n) is 9.59. The monoisotopic (exact) mass is 690 g/mol. The van der Waals surface area contributed by atoms with Crippen LogP contribution in [0, 0.1) is 20.2 Å². The molecule has 16 heteroatoms. The number of aromatic hydroxyl groups is 2. The second kappa shape index (κ2) is 15.8. The number of rotatable bonds is 7. The van der Waals surface area contributed by atoms with Crippen molar-refractivity contribution in [3.8, 4) is 22.6 Å². The van der Waals surface area contributed by atoms with Crippen molar-refractivity contribution in [2.75, 3.05) is 21.3 Å². The Morgan fingerprint density at radius 1 is 0.562 bits per heavy atom. The zero-order chi connectivity index (χ0) is 34.8. The molecule has 0 fully saturated rings. The second-order valence-corrected chi connectivity index (χ2v) is 10.4. The first-order chi connectivity index (χ1) is 22.9. The predicted molar refractivity (Wildman–Crippen MR) is 183 cm³/mol. The van der Waals surface area contributed by atoms with Gasteiger partial charge in [0.15, 0.2) is 0 Å². The molecule has 0 aliphatic carbocycles. The van der Waals surface area contributed by atoms with Crippen LogP contribution in [-0.2, 0) is 0 Å². The lowest BCUT2D eigenvalue weighted by Crippen LogP contribution is -2.20. The van der Waals surface area contributed by atoms with Crippen molar-refractivity contribution in [1.82, 2.24) is 0 Å². The molecule has 0 saturated carbocycles. The van der Waals surface area contributed by atoms with E-state index in [0.717, 1.165) is 47.5 Å². The van der Waals surface area contributed by atoms with Gasteiger partial charge >= 0.3 is 12.1 Å². The summed E-state index contributed by atoms with van der Waals surface area (Å²) in [5, 5.41) is 51.2. The molecule has 6 N–H and O–H groups in total. The Morgan fingerprint density at radius 2 is 1.02 bits per heavy atom. The maximum absolute atomic E-state index is 12.3. The van der Waals surface area contributed by atoms with Crippen LogP contribution in [0.4, 0.5) is 43.7 Å². The number of halogens is 2. The van der Waals surface area contributed by atoms with Crippen LogP contribution in [0.3, 0.4) is 0 Å². The molecule has 0 aliphatic heterocycles. The van der Waals surface area contributed by atoms with Crippen molar-refractivity contribution in [3.05, 3.63) is 139 Å². The highest BCUT2D eigenvalue weighted by atomic mass is 35.5. The minimum Gasteiger partial charge on any atom is -0.506 e. The molecule has 48 heavy (non-hydrogen) atoms. The molecule has 5 aromatic rings. The smallest absolute Gasteiger partial charge is 0.323 e. The number of anilines is 4. The zero-order valence-electron chi connectivity index (χ0n) is 24.4. The van der Waals surface area contributed by atoms with Gasteiger partial charge in [-0.3, -0.25) is 20.2 Å². The number of hydrogen-bond acceptors (Lipinski definition) is 8. The molecule has 5 aromatic carbocycles. The van der Waals surface area contributed by atoms with E-state index in [9.17, 15) is 40.0 Å². The van der Waals surface area contributed by atoms with Gasteiger partial charge in [-0.1, -0.05) is 77.8 Å². The van der Waals surface area contributed by atoms with Crippen LogP contribution in [0.2, 0.25) is 10.0 Å². The van der Waals surface area contributed by atoms with Gasteiger partial charge in [-0.25, -0.2) is 9.59 Å². The topological polar surface area (TPSA) is 209 Å². The molecule has 244 valence electrons. The Hall–Kier alpha value is -6.38. The number of hydrogen-bond donors (Lipinski definition) is 6. The highest BCUT2D eigenvalue weighted by molar-refractivity contribution is 6.44. The van der Waals surface area contributed by atoms with Crippen LogP contribution in [0.1, 0.15) is 0 Å². The van der Waals surface area contributed by atoms with Crippen LogP contribution in [-0.4, -0.2) is 32.1 Å². The normalized spacial score (nSPS) is 10.1. The highest BCUT2D eigenvalue weighted by Crippen LogP contribution is 2.32. The number of phenolic OH excluding ortho intramolecular Hbond substituents is 2. The van der Waals surface area contributed by atoms with Gasteiger partial charge in [0, 0.05) is 29.8 Å². The molecule has 4 amide bonds. The van der Waals surface area contributed by atoms with Crippen LogP contribution in [0.25, 0.3) is 11.1 Å². The number of carbonyl (C=O) groups is 2. The van der Waals surface area contributed by atoms with Gasteiger partial charge in [-0.05, 0) is 35.9 Å². The number of urea groups is 2. The van der Waals surface area contributed by atoms with Crippen LogP contribution < -0.4 is 21.3 Å². The molecule has 0 bridgehead atoms. The highest BCUT2D eigenvalue weighted by Gasteiger charge is 2.15. The third-order valence-electron chi connectivity index (χ3n) is 6.34. The number of non-ortho nitro benzene ring substituents is 2. The largest absolute Gasteiger partial charge is 0.506 e. The van der Waals surface area contributed by atoms with Gasteiger partial charge < -0.3 is 31.5 Å². The van der Waals surface area contributed by atoms with E-state index in [1.807, 2.05) is 42.5 Å². The number of nitro benzene ring substituents is 2. The summed E-state index contributed by atoms with van der Waals surface area (Å²) in [6.45, 7) is 0. The Morgan fingerprint density at radius 3 is 1.56 bits per heavy atom. The van der Waals surface area contributed by atoms with Gasteiger partial charge in [-0.15, -0.1) is 0 Å². The minimum atomic E-state index is -0.736. The quantitative estimate of drug-likeness (QED) is 0.0550. The third-order valence-corrected chi connectivity index (χ3v) is 7.16. The van der Waals surface area contributed by atoms with E-state index in [2.05, 4.69) is 21.3 Å². The van der Waals surface area contributed by atoms with E-state index < -0.39 is 21.9 Å². The lowest BCUT2D eigenvalue weighted by molar-refractivity contribution is -0.385. The lowest BCUT2D eigenvalue weighted by Gasteiger charge is -2.12. The zero-order valence-corrected chi connectivity index (χ0v) is 25.9. The molecule has 5 rings (SSSR count). The predicted octanol–water partition coefficient (Wildman–Crippen LogP) is 8.86. The van der Waals surface area contributed by atoms with Crippen LogP contribution in [0.15, 0.2) is 109 Å². The van der Waals surface area contributed by atoms with Gasteiger partial charge in [0.05, 0.1) is 42.6 Å². The molecule has 0 aromatic heterocycles. The molecule has 0 radical (unpaired) electrons. The standard InChI is InChI=1S/C19H15N3O4.C13H9Cl2N3O4/c23-18-11-10-14(22(25)26)12-17(18)21-19(24)20-16-9-5-4-8-15(16)13-6-2-1-3-7-13;14-8-2-1-3-9(12(8)15)16-13(20)17-10-6-7(18(21)22)4-5-11(10)19/h1-12,23H,(H2,20,21,24);1-6,19H,(H2,16,17,20). The van der Waals surface area contributed by atoms with Gasteiger partial charge in [-0.2, -0.15) is 0 Å². The molecule has 0 heterocycles. The lowest BCUT2D eigenvalue weighted by atomic mass is 10.0.